The zero-order valence-electron chi connectivity index (χ0n) is 14.7. The number of anilines is 1. The van der Waals surface area contributed by atoms with Crippen molar-refractivity contribution in [2.45, 2.75) is 32.4 Å². The zero-order chi connectivity index (χ0) is 18.9. The molecule has 0 saturated carbocycles. The number of benzene rings is 2. The van der Waals surface area contributed by atoms with Crippen LogP contribution in [0.15, 0.2) is 48.5 Å². The molecule has 4 N–H and O–H groups in total. The van der Waals surface area contributed by atoms with E-state index in [4.69, 9.17) is 10.2 Å². The molecule has 0 aromatic heterocycles. The number of carboxylic acid groups (broad SMARTS) is 1. The molecule has 0 fully saturated rings. The third-order valence-electron chi connectivity index (χ3n) is 4.09. The predicted octanol–water partition coefficient (Wildman–Crippen LogP) is 2.43. The Bertz CT molecular complexity index is 722. The molecule has 0 bridgehead atoms. The first-order chi connectivity index (χ1) is 12.5. The fraction of sp³-hybridized carbons (Fsp3) is 0.300. The van der Waals surface area contributed by atoms with Crippen molar-refractivity contribution in [3.8, 4) is 0 Å². The van der Waals surface area contributed by atoms with Crippen LogP contribution in [0.5, 0.6) is 0 Å². The van der Waals surface area contributed by atoms with Crippen LogP contribution in [0.2, 0.25) is 0 Å². The molecule has 0 saturated heterocycles. The molecular weight excluding hydrogens is 332 g/mol. The molecule has 2 aromatic carbocycles. The highest BCUT2D eigenvalue weighted by molar-refractivity contribution is 5.87. The Balaban J connectivity index is 1.85. The molecule has 0 aliphatic heterocycles. The standard InChI is InChI=1S/C20H24N2O4/c1-2-17(13-23)22-19(24)11-14-5-9-18(10-6-14)21-12-15-3-7-16(8-4-15)20(25)26/h3-10,17,21,23H,2,11-13H2,1H3,(H,22,24)(H,25,26). The van der Waals surface area contributed by atoms with Gasteiger partial charge in [0.15, 0.2) is 0 Å². The Kier molecular flexibility index (Phi) is 7.17. The number of hydrogen-bond acceptors (Lipinski definition) is 4. The van der Waals surface area contributed by atoms with E-state index in [1.807, 2.05) is 31.2 Å². The number of carbonyl (C=O) groups excluding carboxylic acids is 1. The highest BCUT2D eigenvalue weighted by Gasteiger charge is 2.09. The predicted molar refractivity (Wildman–Crippen MR) is 100 cm³/mol. The van der Waals surface area contributed by atoms with Crippen LogP contribution in [-0.4, -0.2) is 34.7 Å². The van der Waals surface area contributed by atoms with E-state index in [0.29, 0.717) is 13.0 Å². The Morgan fingerprint density at radius 3 is 2.15 bits per heavy atom. The summed E-state index contributed by atoms with van der Waals surface area (Å²) in [5.41, 5.74) is 3.06. The van der Waals surface area contributed by atoms with Gasteiger partial charge in [-0.15, -0.1) is 0 Å². The normalized spacial score (nSPS) is 11.6. The van der Waals surface area contributed by atoms with Gasteiger partial charge in [-0.05, 0) is 41.8 Å². The summed E-state index contributed by atoms with van der Waals surface area (Å²) >= 11 is 0. The van der Waals surface area contributed by atoms with Gasteiger partial charge in [0.1, 0.15) is 0 Å². The van der Waals surface area contributed by atoms with E-state index in [9.17, 15) is 9.59 Å². The summed E-state index contributed by atoms with van der Waals surface area (Å²) in [5.74, 6) is -1.04. The highest BCUT2D eigenvalue weighted by atomic mass is 16.4. The van der Waals surface area contributed by atoms with E-state index in [2.05, 4.69) is 10.6 Å². The second-order valence-electron chi connectivity index (χ2n) is 6.08. The fourth-order valence-corrected chi connectivity index (χ4v) is 2.45. The third kappa shape index (κ3) is 5.89. The number of aliphatic hydroxyl groups excluding tert-OH is 1. The van der Waals surface area contributed by atoms with Gasteiger partial charge in [-0.3, -0.25) is 4.79 Å². The van der Waals surface area contributed by atoms with E-state index >= 15 is 0 Å². The van der Waals surface area contributed by atoms with Gasteiger partial charge >= 0.3 is 5.97 Å². The van der Waals surface area contributed by atoms with Gasteiger partial charge in [0.05, 0.1) is 24.6 Å². The van der Waals surface area contributed by atoms with Crippen molar-refractivity contribution < 1.29 is 19.8 Å². The Morgan fingerprint density at radius 2 is 1.62 bits per heavy atom. The molecule has 138 valence electrons. The summed E-state index contributed by atoms with van der Waals surface area (Å²) in [6.45, 7) is 2.43. The van der Waals surface area contributed by atoms with Crippen LogP contribution in [-0.2, 0) is 17.8 Å². The average Bonchev–Trinajstić information content (AvgIpc) is 2.66. The van der Waals surface area contributed by atoms with Gasteiger partial charge in [-0.1, -0.05) is 31.2 Å². The quantitative estimate of drug-likeness (QED) is 0.553. The van der Waals surface area contributed by atoms with Gasteiger partial charge in [-0.25, -0.2) is 4.79 Å². The van der Waals surface area contributed by atoms with Gasteiger partial charge in [-0.2, -0.15) is 0 Å². The summed E-state index contributed by atoms with van der Waals surface area (Å²) < 4.78 is 0. The van der Waals surface area contributed by atoms with Gasteiger partial charge in [0.25, 0.3) is 0 Å². The third-order valence-corrected chi connectivity index (χ3v) is 4.09. The molecule has 1 amide bonds. The maximum atomic E-state index is 11.9. The average molecular weight is 356 g/mol. The maximum absolute atomic E-state index is 11.9. The number of amides is 1. The molecule has 26 heavy (non-hydrogen) atoms. The molecular formula is C20H24N2O4. The Hall–Kier alpha value is -2.86. The largest absolute Gasteiger partial charge is 0.478 e. The number of aromatic carboxylic acids is 1. The Morgan fingerprint density at radius 1 is 1.00 bits per heavy atom. The van der Waals surface area contributed by atoms with Crippen molar-refractivity contribution in [3.05, 3.63) is 65.2 Å². The van der Waals surface area contributed by atoms with Crippen LogP contribution in [0.4, 0.5) is 5.69 Å². The first kappa shape index (κ1) is 19.5. The van der Waals surface area contributed by atoms with Crippen LogP contribution in [0.1, 0.15) is 34.8 Å². The SMILES string of the molecule is CCC(CO)NC(=O)Cc1ccc(NCc2ccc(C(=O)O)cc2)cc1. The first-order valence-electron chi connectivity index (χ1n) is 8.57. The van der Waals surface area contributed by atoms with Crippen molar-refractivity contribution in [3.63, 3.8) is 0 Å². The summed E-state index contributed by atoms with van der Waals surface area (Å²) in [7, 11) is 0. The summed E-state index contributed by atoms with van der Waals surface area (Å²) in [6.07, 6.45) is 0.964. The lowest BCUT2D eigenvalue weighted by Crippen LogP contribution is -2.37. The molecule has 6 nitrogen and oxygen atoms in total. The topological polar surface area (TPSA) is 98.7 Å². The molecule has 0 spiro atoms. The minimum atomic E-state index is -0.937. The Labute approximate surface area is 152 Å². The number of carboxylic acids is 1. The van der Waals surface area contributed by atoms with Crippen molar-refractivity contribution in [2.24, 2.45) is 0 Å². The van der Waals surface area contributed by atoms with E-state index in [1.165, 1.54) is 0 Å². The minimum Gasteiger partial charge on any atom is -0.478 e. The van der Waals surface area contributed by atoms with Crippen LogP contribution in [0.3, 0.4) is 0 Å². The number of carbonyl (C=O) groups is 2. The molecule has 0 aliphatic carbocycles. The molecule has 1 unspecified atom stereocenters. The van der Waals surface area contributed by atoms with E-state index in [-0.39, 0.29) is 30.5 Å². The summed E-state index contributed by atoms with van der Waals surface area (Å²) in [4.78, 5) is 22.8. The van der Waals surface area contributed by atoms with Gasteiger partial charge in [0, 0.05) is 12.2 Å². The fourth-order valence-electron chi connectivity index (χ4n) is 2.45. The molecule has 0 aliphatic rings. The molecule has 2 rings (SSSR count). The number of nitrogens with one attached hydrogen (secondary N) is 2. The second kappa shape index (κ2) is 9.58. The second-order valence-corrected chi connectivity index (χ2v) is 6.08. The smallest absolute Gasteiger partial charge is 0.335 e. The van der Waals surface area contributed by atoms with E-state index < -0.39 is 5.97 Å². The van der Waals surface area contributed by atoms with E-state index in [0.717, 1.165) is 16.8 Å². The van der Waals surface area contributed by atoms with Crippen LogP contribution in [0, 0.1) is 0 Å². The molecule has 0 heterocycles. The zero-order valence-corrected chi connectivity index (χ0v) is 14.7. The molecule has 6 heteroatoms. The first-order valence-corrected chi connectivity index (χ1v) is 8.57. The number of rotatable bonds is 9. The highest BCUT2D eigenvalue weighted by Crippen LogP contribution is 2.12. The monoisotopic (exact) mass is 356 g/mol. The van der Waals surface area contributed by atoms with Gasteiger partial charge in [0.2, 0.25) is 5.91 Å². The van der Waals surface area contributed by atoms with E-state index in [1.54, 1.807) is 24.3 Å². The van der Waals surface area contributed by atoms with Crippen LogP contribution < -0.4 is 10.6 Å². The minimum absolute atomic E-state index is 0.0570. The molecule has 1 atom stereocenters. The lowest BCUT2D eigenvalue weighted by molar-refractivity contribution is -0.121. The lowest BCUT2D eigenvalue weighted by Gasteiger charge is -2.14. The van der Waals surface area contributed by atoms with Crippen molar-refractivity contribution in [2.75, 3.05) is 11.9 Å². The number of aliphatic hydroxyl groups is 1. The van der Waals surface area contributed by atoms with Crippen molar-refractivity contribution in [1.29, 1.82) is 0 Å². The van der Waals surface area contributed by atoms with Crippen LogP contribution >= 0.6 is 0 Å². The van der Waals surface area contributed by atoms with Crippen molar-refractivity contribution in [1.82, 2.24) is 5.32 Å². The van der Waals surface area contributed by atoms with Crippen molar-refractivity contribution >= 4 is 17.6 Å². The number of hydrogen-bond donors (Lipinski definition) is 4. The van der Waals surface area contributed by atoms with Crippen LogP contribution in [0.25, 0.3) is 0 Å². The molecule has 2 aromatic rings. The molecule has 0 radical (unpaired) electrons. The maximum Gasteiger partial charge on any atom is 0.335 e. The lowest BCUT2D eigenvalue weighted by atomic mass is 10.1. The summed E-state index contributed by atoms with van der Waals surface area (Å²) in [5, 5.41) is 24.1. The van der Waals surface area contributed by atoms with Gasteiger partial charge < -0.3 is 20.8 Å². The summed E-state index contributed by atoms with van der Waals surface area (Å²) in [6, 6.07) is 14.1.